The first-order valence-corrected chi connectivity index (χ1v) is 26.1. The van der Waals surface area contributed by atoms with Crippen LogP contribution in [0.4, 0.5) is 0 Å². The summed E-state index contributed by atoms with van der Waals surface area (Å²) in [6.45, 7) is 7.02. The monoisotopic (exact) mass is 858 g/mol. The Morgan fingerprint density at radius 1 is 0.867 bits per heavy atom. The molecule has 8 aliphatic rings. The van der Waals surface area contributed by atoms with Gasteiger partial charge in [-0.15, -0.1) is 5.92 Å². The summed E-state index contributed by atoms with van der Waals surface area (Å²) in [6.07, 6.45) is 14.7. The molecule has 4 saturated carbocycles. The van der Waals surface area contributed by atoms with Crippen molar-refractivity contribution in [3.63, 3.8) is 0 Å². The molecule has 60 heavy (non-hydrogen) atoms. The lowest BCUT2D eigenvalue weighted by Gasteiger charge is -2.71. The fourth-order valence-corrected chi connectivity index (χ4v) is 18.8. The van der Waals surface area contributed by atoms with Crippen LogP contribution in [-0.2, 0) is 25.5 Å². The summed E-state index contributed by atoms with van der Waals surface area (Å²) in [7, 11) is 4.02. The average Bonchev–Trinajstić information content (AvgIpc) is 3.94. The third kappa shape index (κ3) is 7.15. The topological polar surface area (TPSA) is 113 Å². The number of rotatable bonds is 6. The molecule has 328 valence electrons. The number of cyclic esters (lactones) is 1. The number of benzene rings is 1. The zero-order chi connectivity index (χ0) is 42.0. The Labute approximate surface area is 367 Å². The molecular weight excluding hydrogens is 789 g/mol. The number of aliphatic hydroxyl groups is 3. The maximum Gasteiger partial charge on any atom is 0.331 e. The number of fused-ring (bicyclic) bond motifs is 6. The summed E-state index contributed by atoms with van der Waals surface area (Å²) in [5.41, 5.74) is -3.35. The van der Waals surface area contributed by atoms with Gasteiger partial charge in [-0.3, -0.25) is 4.79 Å². The molecule has 7 nitrogen and oxygen atoms in total. The van der Waals surface area contributed by atoms with E-state index in [9.17, 15) is 20.1 Å². The van der Waals surface area contributed by atoms with Crippen LogP contribution in [0.15, 0.2) is 42.0 Å². The van der Waals surface area contributed by atoms with Crippen LogP contribution < -0.4 is 0 Å². The number of aliphatic hydroxyl groups excluding tert-OH is 2. The van der Waals surface area contributed by atoms with E-state index in [0.29, 0.717) is 43.9 Å². The normalized spacial score (nSPS) is 45.9. The summed E-state index contributed by atoms with van der Waals surface area (Å²) in [4.78, 5) is 28.0. The van der Waals surface area contributed by atoms with E-state index in [-0.39, 0.29) is 41.5 Å². The highest BCUT2D eigenvalue weighted by Crippen LogP contribution is 2.72. The van der Waals surface area contributed by atoms with Crippen molar-refractivity contribution < 1.29 is 34.4 Å². The highest BCUT2D eigenvalue weighted by atomic mass is 33.1. The van der Waals surface area contributed by atoms with Gasteiger partial charge >= 0.3 is 11.9 Å². The van der Waals surface area contributed by atoms with Gasteiger partial charge in [0.25, 0.3) is 0 Å². The van der Waals surface area contributed by atoms with Crippen molar-refractivity contribution in [2.24, 2.45) is 50.7 Å². The molecule has 0 amide bonds. The van der Waals surface area contributed by atoms with Crippen LogP contribution in [0.25, 0.3) is 0 Å². The molecule has 0 aromatic heterocycles. The van der Waals surface area contributed by atoms with E-state index >= 15 is 4.79 Å². The van der Waals surface area contributed by atoms with Crippen molar-refractivity contribution in [2.45, 2.75) is 178 Å². The number of carbonyl (C=O) groups is 2. The van der Waals surface area contributed by atoms with Crippen LogP contribution in [0.1, 0.15) is 148 Å². The first-order chi connectivity index (χ1) is 28.8. The minimum atomic E-state index is -1.68. The fraction of sp³-hybridized carbons (Fsp3) is 0.765. The maximum absolute atomic E-state index is 15.7. The second-order valence-corrected chi connectivity index (χ2v) is 24.4. The summed E-state index contributed by atoms with van der Waals surface area (Å²) >= 11 is 0. The van der Waals surface area contributed by atoms with E-state index in [2.05, 4.69) is 56.0 Å². The molecule has 0 radical (unpaired) electrons. The van der Waals surface area contributed by atoms with Crippen molar-refractivity contribution >= 4 is 33.5 Å². The molecule has 4 aliphatic heterocycles. The molecule has 6 fully saturated rings. The Hall–Kier alpha value is -1.96. The Morgan fingerprint density at radius 3 is 2.35 bits per heavy atom. The van der Waals surface area contributed by atoms with Gasteiger partial charge in [-0.1, -0.05) is 97.4 Å². The zero-order valence-electron chi connectivity index (χ0n) is 36.4. The summed E-state index contributed by atoms with van der Waals surface area (Å²) < 4.78 is 12.6. The van der Waals surface area contributed by atoms with Crippen molar-refractivity contribution in [2.75, 3.05) is 12.4 Å². The highest BCUT2D eigenvalue weighted by molar-refractivity contribution is 8.76. The van der Waals surface area contributed by atoms with Gasteiger partial charge in [-0.05, 0) is 137 Å². The lowest BCUT2D eigenvalue weighted by atomic mass is 9.35. The summed E-state index contributed by atoms with van der Waals surface area (Å²) in [5.74, 6) is 8.27. The molecule has 3 N–H and O–H groups in total. The minimum Gasteiger partial charge on any atom is -0.462 e. The predicted octanol–water partition coefficient (Wildman–Crippen LogP) is 9.79. The number of esters is 2. The largest absolute Gasteiger partial charge is 0.462 e. The molecule has 2 unspecified atom stereocenters. The SMILES string of the molecule is C[C@]12CC[C@H](SSCC(Cc3ccccc3)C1)[C@H]1CCCC[C@@]13CC#C[C@]1(C)C[C@@H](OC3=O)C3[C@](C)(C4CCCC4)CC[C@@H](O)[C@]3([C@@H](O)CC2)[C@@]1(O)CCC1=CC(=O)OC1. The van der Waals surface area contributed by atoms with E-state index in [1.807, 2.05) is 28.5 Å². The van der Waals surface area contributed by atoms with E-state index in [0.717, 1.165) is 101 Å². The van der Waals surface area contributed by atoms with Gasteiger partial charge in [0, 0.05) is 35.8 Å². The van der Waals surface area contributed by atoms with Gasteiger partial charge in [-0.2, -0.15) is 0 Å². The Bertz CT molecular complexity index is 1870. The third-order valence-electron chi connectivity index (χ3n) is 18.4. The van der Waals surface area contributed by atoms with Gasteiger partial charge in [0.2, 0.25) is 0 Å². The minimum absolute atomic E-state index is 0.106. The van der Waals surface area contributed by atoms with Crippen molar-refractivity contribution in [1.29, 1.82) is 0 Å². The van der Waals surface area contributed by atoms with Gasteiger partial charge in [0.15, 0.2) is 0 Å². The van der Waals surface area contributed by atoms with E-state index < -0.39 is 51.5 Å². The van der Waals surface area contributed by atoms with Crippen molar-refractivity contribution in [3.05, 3.63) is 47.5 Å². The zero-order valence-corrected chi connectivity index (χ0v) is 38.1. The van der Waals surface area contributed by atoms with Crippen LogP contribution in [0.3, 0.4) is 0 Å². The molecule has 4 heterocycles. The number of carbonyl (C=O) groups excluding carboxylic acids is 2. The Balaban J connectivity index is 1.25. The predicted molar refractivity (Wildman–Crippen MR) is 239 cm³/mol. The van der Waals surface area contributed by atoms with Crippen LogP contribution in [-0.4, -0.2) is 68.8 Å². The van der Waals surface area contributed by atoms with Gasteiger partial charge in [0.05, 0.1) is 34.1 Å². The highest BCUT2D eigenvalue weighted by Gasteiger charge is 2.78. The number of hydrogen-bond acceptors (Lipinski definition) is 9. The lowest BCUT2D eigenvalue weighted by molar-refractivity contribution is -0.338. The Kier molecular flexibility index (Phi) is 11.9. The summed E-state index contributed by atoms with van der Waals surface area (Å²) in [5, 5.41) is 41.3. The first kappa shape index (κ1) is 43.3. The van der Waals surface area contributed by atoms with Crippen molar-refractivity contribution in [3.8, 4) is 11.8 Å². The van der Waals surface area contributed by atoms with Gasteiger partial charge in [0.1, 0.15) is 12.7 Å². The molecule has 1 aromatic carbocycles. The van der Waals surface area contributed by atoms with Crippen LogP contribution in [0, 0.1) is 62.6 Å². The molecule has 4 aliphatic carbocycles. The molecular formula is C51H70O7S2. The van der Waals surface area contributed by atoms with Crippen molar-refractivity contribution in [1.82, 2.24) is 0 Å². The molecule has 1 aromatic rings. The molecule has 9 heteroatoms. The van der Waals surface area contributed by atoms with E-state index in [1.165, 1.54) is 5.56 Å². The standard InChI is InChI=1S/C51H70O7S2/c1-46-24-18-40(60-59-33-36(30-46)28-34-12-5-4-6-13-34)38-16-9-10-22-49(38)23-11-21-47(2)31-39(58-45(49)55)44-48(3,37-14-7-8-15-37)26-20-42(53)51(44,41(52)19-25-46)50(47,56)27-17-35-29-43(54)57-32-35/h4-6,12-13,29,36-42,44,52-53,56H,7-10,14-20,22-28,30-33H2,1-3H3/t36?,38-,39-,40+,41+,42-,44?,46-,47-,48+,49-,50-,51+/m1/s1. The molecule has 6 bridgehead atoms. The van der Waals surface area contributed by atoms with E-state index in [1.54, 1.807) is 6.08 Å². The first-order valence-electron chi connectivity index (χ1n) is 23.7. The second kappa shape index (κ2) is 16.5. The molecule has 9 rings (SSSR count). The van der Waals surface area contributed by atoms with Gasteiger partial charge < -0.3 is 24.8 Å². The molecule has 1 spiro atoms. The quantitative estimate of drug-likeness (QED) is 0.146. The molecule has 13 atom stereocenters. The fourth-order valence-electron chi connectivity index (χ4n) is 15.4. The lowest BCUT2D eigenvalue weighted by Crippen LogP contribution is -2.79. The number of ether oxygens (including phenoxy) is 2. The smallest absolute Gasteiger partial charge is 0.331 e. The van der Waals surface area contributed by atoms with Crippen LogP contribution in [0.5, 0.6) is 0 Å². The maximum atomic E-state index is 15.7. The third-order valence-corrected chi connectivity index (χ3v) is 21.5. The summed E-state index contributed by atoms with van der Waals surface area (Å²) in [6, 6.07) is 10.9. The molecule has 2 saturated heterocycles. The van der Waals surface area contributed by atoms with Crippen LogP contribution >= 0.6 is 21.6 Å². The van der Waals surface area contributed by atoms with Crippen LogP contribution in [0.2, 0.25) is 0 Å². The van der Waals surface area contributed by atoms with E-state index in [4.69, 9.17) is 9.47 Å². The second-order valence-electron chi connectivity index (χ2n) is 21.8. The average molecular weight is 859 g/mol. The number of hydrogen-bond donors (Lipinski definition) is 3. The Morgan fingerprint density at radius 2 is 1.60 bits per heavy atom. The van der Waals surface area contributed by atoms with Gasteiger partial charge in [-0.25, -0.2) is 4.79 Å².